The van der Waals surface area contributed by atoms with Crippen LogP contribution in [0, 0.1) is 5.92 Å². The summed E-state index contributed by atoms with van der Waals surface area (Å²) in [5.41, 5.74) is 0. The zero-order valence-electron chi connectivity index (χ0n) is 12.3. The van der Waals surface area contributed by atoms with Crippen LogP contribution >= 0.6 is 0 Å². The molecule has 1 aromatic rings. The minimum atomic E-state index is -3.77. The average molecular weight is 339 g/mol. The van der Waals surface area contributed by atoms with E-state index in [-0.39, 0.29) is 11.3 Å². The summed E-state index contributed by atoms with van der Waals surface area (Å²) in [6, 6.07) is 3.91. The Morgan fingerprint density at radius 3 is 2.61 bits per heavy atom. The van der Waals surface area contributed by atoms with Crippen molar-refractivity contribution >= 4 is 16.0 Å². The van der Waals surface area contributed by atoms with Crippen LogP contribution in [0.3, 0.4) is 0 Å². The van der Waals surface area contributed by atoms with E-state index in [0.29, 0.717) is 24.7 Å². The van der Waals surface area contributed by atoms with Crippen LogP contribution in [0.25, 0.3) is 0 Å². The summed E-state index contributed by atoms with van der Waals surface area (Å²) in [6.07, 6.45) is 4.01. The van der Waals surface area contributed by atoms with E-state index in [0.717, 1.165) is 6.42 Å². The van der Waals surface area contributed by atoms with Gasteiger partial charge in [0, 0.05) is 18.5 Å². The summed E-state index contributed by atoms with van der Waals surface area (Å²) in [5.74, 6) is -0.700. The van der Waals surface area contributed by atoms with Crippen LogP contribution < -0.4 is 14.2 Å². The maximum absolute atomic E-state index is 12.4. The third kappa shape index (κ3) is 3.48. The molecule has 124 valence electrons. The van der Waals surface area contributed by atoms with E-state index in [1.807, 2.05) is 0 Å². The summed E-state index contributed by atoms with van der Waals surface area (Å²) in [5, 5.41) is 8.95. The van der Waals surface area contributed by atoms with Crippen LogP contribution in [-0.4, -0.2) is 38.7 Å². The fourth-order valence-corrected chi connectivity index (χ4v) is 3.77. The molecule has 0 saturated heterocycles. The summed E-state index contributed by atoms with van der Waals surface area (Å²) in [6.45, 7) is 0.996. The molecule has 7 nitrogen and oxygen atoms in total. The van der Waals surface area contributed by atoms with Gasteiger partial charge >= 0.3 is 5.97 Å². The molecule has 1 heterocycles. The Labute approximate surface area is 134 Å². The topological polar surface area (TPSA) is 102 Å². The first-order valence-corrected chi connectivity index (χ1v) is 8.77. The normalized spacial score (nSPS) is 23.5. The predicted molar refractivity (Wildman–Crippen MR) is 81.0 cm³/mol. The van der Waals surface area contributed by atoms with E-state index in [1.54, 1.807) is 12.1 Å². The van der Waals surface area contributed by atoms with Gasteiger partial charge in [0.2, 0.25) is 10.0 Å². The van der Waals surface area contributed by atoms with Crippen molar-refractivity contribution in [2.45, 2.75) is 23.8 Å². The molecule has 0 bridgehead atoms. The lowest BCUT2D eigenvalue weighted by molar-refractivity contribution is -0.140. The molecule has 2 aliphatic rings. The van der Waals surface area contributed by atoms with E-state index >= 15 is 0 Å². The molecule has 2 unspecified atom stereocenters. The lowest BCUT2D eigenvalue weighted by Crippen LogP contribution is -2.33. The quantitative estimate of drug-likeness (QED) is 0.798. The van der Waals surface area contributed by atoms with Crippen molar-refractivity contribution in [1.29, 1.82) is 0 Å². The van der Waals surface area contributed by atoms with Gasteiger partial charge in [0.25, 0.3) is 0 Å². The number of hydrogen-bond donors (Lipinski definition) is 2. The van der Waals surface area contributed by atoms with Crippen LogP contribution in [0.15, 0.2) is 35.2 Å². The van der Waals surface area contributed by atoms with Gasteiger partial charge in [0.1, 0.15) is 0 Å². The minimum absolute atomic E-state index is 0.0638. The number of benzene rings is 1. The number of hydrogen-bond acceptors (Lipinski definition) is 5. The van der Waals surface area contributed by atoms with Gasteiger partial charge in [0.05, 0.1) is 24.0 Å². The van der Waals surface area contributed by atoms with Crippen molar-refractivity contribution in [2.24, 2.45) is 5.92 Å². The highest BCUT2D eigenvalue weighted by Crippen LogP contribution is 2.32. The number of fused-ring (bicyclic) bond motifs is 1. The highest BCUT2D eigenvalue weighted by Gasteiger charge is 2.28. The highest BCUT2D eigenvalue weighted by atomic mass is 32.2. The first kappa shape index (κ1) is 15.8. The Hall–Kier alpha value is -2.06. The number of aliphatic carboxylic acids is 1. The standard InChI is InChI=1S/C15H17NO6S/c17-15(18)10-2-3-11(8-10)16-23(19,20)12-4-5-13-14(9-12)22-7-1-6-21-13/h2-5,9-11,16H,1,6-8H2,(H,17,18). The van der Waals surface area contributed by atoms with Crippen molar-refractivity contribution in [2.75, 3.05) is 13.2 Å². The molecule has 8 heteroatoms. The number of carboxylic acid groups (broad SMARTS) is 1. The molecule has 1 aliphatic heterocycles. The molecule has 1 aliphatic carbocycles. The molecule has 0 radical (unpaired) electrons. The van der Waals surface area contributed by atoms with Crippen molar-refractivity contribution in [3.8, 4) is 11.5 Å². The van der Waals surface area contributed by atoms with Gasteiger partial charge in [-0.1, -0.05) is 12.2 Å². The molecular formula is C15H17NO6S. The monoisotopic (exact) mass is 339 g/mol. The van der Waals surface area contributed by atoms with Gasteiger partial charge in [-0.3, -0.25) is 4.79 Å². The number of nitrogens with one attached hydrogen (secondary N) is 1. The summed E-state index contributed by atoms with van der Waals surface area (Å²) in [7, 11) is -3.77. The van der Waals surface area contributed by atoms with Crippen molar-refractivity contribution < 1.29 is 27.8 Å². The number of carbonyl (C=O) groups is 1. The van der Waals surface area contributed by atoms with E-state index in [9.17, 15) is 13.2 Å². The molecule has 3 rings (SSSR count). The van der Waals surface area contributed by atoms with Crippen LogP contribution in [-0.2, 0) is 14.8 Å². The van der Waals surface area contributed by atoms with E-state index < -0.39 is 28.0 Å². The minimum Gasteiger partial charge on any atom is -0.490 e. The van der Waals surface area contributed by atoms with Crippen molar-refractivity contribution in [1.82, 2.24) is 4.72 Å². The van der Waals surface area contributed by atoms with Gasteiger partial charge < -0.3 is 14.6 Å². The predicted octanol–water partition coefficient (Wildman–Crippen LogP) is 1.16. The molecule has 0 amide bonds. The zero-order chi connectivity index (χ0) is 16.4. The largest absolute Gasteiger partial charge is 0.490 e. The number of carboxylic acids is 1. The van der Waals surface area contributed by atoms with Crippen LogP contribution in [0.4, 0.5) is 0 Å². The van der Waals surface area contributed by atoms with E-state index in [2.05, 4.69) is 4.72 Å². The molecule has 0 spiro atoms. The van der Waals surface area contributed by atoms with Crippen molar-refractivity contribution in [3.05, 3.63) is 30.4 Å². The molecule has 2 N–H and O–H groups in total. The summed E-state index contributed by atoms with van der Waals surface area (Å²) >= 11 is 0. The second kappa shape index (κ2) is 6.21. The lowest BCUT2D eigenvalue weighted by atomic mass is 10.1. The highest BCUT2D eigenvalue weighted by molar-refractivity contribution is 7.89. The lowest BCUT2D eigenvalue weighted by Gasteiger charge is -2.14. The number of rotatable bonds is 4. The molecule has 0 aromatic heterocycles. The van der Waals surface area contributed by atoms with Gasteiger partial charge in [0.15, 0.2) is 11.5 Å². The molecule has 23 heavy (non-hydrogen) atoms. The molecule has 2 atom stereocenters. The number of sulfonamides is 1. The van der Waals surface area contributed by atoms with Crippen molar-refractivity contribution in [3.63, 3.8) is 0 Å². The maximum atomic E-state index is 12.4. The Kier molecular flexibility index (Phi) is 4.27. The number of ether oxygens (including phenoxy) is 2. The zero-order valence-corrected chi connectivity index (χ0v) is 13.1. The molecule has 1 aromatic carbocycles. The second-order valence-corrected chi connectivity index (χ2v) is 7.17. The first-order chi connectivity index (χ1) is 11.0. The average Bonchev–Trinajstić information content (AvgIpc) is 2.83. The fraction of sp³-hybridized carbons (Fsp3) is 0.400. The van der Waals surface area contributed by atoms with Crippen LogP contribution in [0.1, 0.15) is 12.8 Å². The molecule has 0 saturated carbocycles. The van der Waals surface area contributed by atoms with E-state index in [4.69, 9.17) is 14.6 Å². The first-order valence-electron chi connectivity index (χ1n) is 7.29. The third-order valence-electron chi connectivity index (χ3n) is 3.74. The summed E-state index contributed by atoms with van der Waals surface area (Å²) in [4.78, 5) is 11.0. The molecular weight excluding hydrogens is 322 g/mol. The van der Waals surface area contributed by atoms with E-state index in [1.165, 1.54) is 18.2 Å². The smallest absolute Gasteiger partial charge is 0.310 e. The van der Waals surface area contributed by atoms with Crippen LogP contribution in [0.5, 0.6) is 11.5 Å². The Balaban J connectivity index is 1.77. The maximum Gasteiger partial charge on any atom is 0.310 e. The van der Waals surface area contributed by atoms with Crippen LogP contribution in [0.2, 0.25) is 0 Å². The fourth-order valence-electron chi connectivity index (χ4n) is 2.55. The second-order valence-electron chi connectivity index (χ2n) is 5.45. The summed E-state index contributed by atoms with van der Waals surface area (Å²) < 4.78 is 38.4. The van der Waals surface area contributed by atoms with Gasteiger partial charge in [-0.2, -0.15) is 0 Å². The van der Waals surface area contributed by atoms with Gasteiger partial charge in [-0.05, 0) is 18.6 Å². The third-order valence-corrected chi connectivity index (χ3v) is 5.22. The Bertz CT molecular complexity index is 742. The SMILES string of the molecule is O=C(O)C1C=CC(NS(=O)(=O)c2ccc3c(c2)OCCCO3)C1. The molecule has 0 fully saturated rings. The van der Waals surface area contributed by atoms with Gasteiger partial charge in [-0.25, -0.2) is 13.1 Å². The Morgan fingerprint density at radius 1 is 1.17 bits per heavy atom. The Morgan fingerprint density at radius 2 is 1.91 bits per heavy atom. The van der Waals surface area contributed by atoms with Gasteiger partial charge in [-0.15, -0.1) is 0 Å².